The SMILES string of the molecule is COc1cccc(-c2ccc(=O)n(C(C)C(=O)O)n2)c1. The van der Waals surface area contributed by atoms with Crippen LogP contribution in [0.5, 0.6) is 5.75 Å². The Morgan fingerprint density at radius 2 is 2.10 bits per heavy atom. The van der Waals surface area contributed by atoms with Crippen LogP contribution in [0.2, 0.25) is 0 Å². The zero-order chi connectivity index (χ0) is 14.7. The highest BCUT2D eigenvalue weighted by molar-refractivity contribution is 5.71. The van der Waals surface area contributed by atoms with Crippen molar-refractivity contribution in [1.29, 1.82) is 0 Å². The van der Waals surface area contributed by atoms with E-state index in [1.54, 1.807) is 31.4 Å². The first-order chi connectivity index (χ1) is 9.52. The van der Waals surface area contributed by atoms with Gasteiger partial charge in [0.25, 0.3) is 5.56 Å². The van der Waals surface area contributed by atoms with Gasteiger partial charge in [0.05, 0.1) is 12.8 Å². The zero-order valence-corrected chi connectivity index (χ0v) is 11.1. The highest BCUT2D eigenvalue weighted by atomic mass is 16.5. The summed E-state index contributed by atoms with van der Waals surface area (Å²) in [6.45, 7) is 1.41. The molecule has 1 aromatic heterocycles. The van der Waals surface area contributed by atoms with Crippen molar-refractivity contribution < 1.29 is 14.6 Å². The van der Waals surface area contributed by atoms with Crippen LogP contribution in [-0.4, -0.2) is 28.0 Å². The highest BCUT2D eigenvalue weighted by Crippen LogP contribution is 2.21. The van der Waals surface area contributed by atoms with Crippen molar-refractivity contribution in [2.45, 2.75) is 13.0 Å². The lowest BCUT2D eigenvalue weighted by atomic mass is 10.1. The first-order valence-corrected chi connectivity index (χ1v) is 6.00. The number of carboxylic acids is 1. The molecule has 1 heterocycles. The molecule has 1 N–H and O–H groups in total. The van der Waals surface area contributed by atoms with Gasteiger partial charge in [-0.2, -0.15) is 5.10 Å². The monoisotopic (exact) mass is 274 g/mol. The molecule has 1 aromatic carbocycles. The van der Waals surface area contributed by atoms with Gasteiger partial charge >= 0.3 is 5.97 Å². The Bertz CT molecular complexity index is 694. The summed E-state index contributed by atoms with van der Waals surface area (Å²) in [5.41, 5.74) is 0.804. The molecule has 6 nitrogen and oxygen atoms in total. The number of nitrogens with zero attached hydrogens (tertiary/aromatic N) is 2. The van der Waals surface area contributed by atoms with E-state index in [1.165, 1.54) is 13.0 Å². The van der Waals surface area contributed by atoms with Crippen molar-refractivity contribution >= 4 is 5.97 Å². The molecule has 1 atom stereocenters. The average Bonchev–Trinajstić information content (AvgIpc) is 2.47. The molecule has 2 rings (SSSR count). The molecule has 0 aliphatic carbocycles. The molecule has 2 aromatic rings. The topological polar surface area (TPSA) is 81.4 Å². The molecule has 6 heteroatoms. The summed E-state index contributed by atoms with van der Waals surface area (Å²) in [7, 11) is 1.56. The molecule has 0 saturated heterocycles. The van der Waals surface area contributed by atoms with Crippen LogP contribution in [0.3, 0.4) is 0 Å². The van der Waals surface area contributed by atoms with E-state index in [-0.39, 0.29) is 0 Å². The van der Waals surface area contributed by atoms with Gasteiger partial charge in [-0.05, 0) is 25.1 Å². The summed E-state index contributed by atoms with van der Waals surface area (Å²) < 4.78 is 6.08. The Morgan fingerprint density at radius 1 is 1.35 bits per heavy atom. The second-order valence-electron chi connectivity index (χ2n) is 4.25. The van der Waals surface area contributed by atoms with Crippen LogP contribution in [0.1, 0.15) is 13.0 Å². The Balaban J connectivity index is 2.50. The molecule has 104 valence electrons. The van der Waals surface area contributed by atoms with Gasteiger partial charge in [0, 0.05) is 11.6 Å². The van der Waals surface area contributed by atoms with Gasteiger partial charge in [-0.25, -0.2) is 9.48 Å². The number of rotatable bonds is 4. The molecule has 0 radical (unpaired) electrons. The third-order valence-electron chi connectivity index (χ3n) is 2.91. The van der Waals surface area contributed by atoms with Crippen LogP contribution in [-0.2, 0) is 4.79 Å². The minimum absolute atomic E-state index is 0.452. The standard InChI is InChI=1S/C14H14N2O4/c1-9(14(18)19)16-13(17)7-6-12(15-16)10-4-3-5-11(8-10)20-2/h3-9H,1-2H3,(H,18,19). The number of carboxylic acid groups (broad SMARTS) is 1. The number of aromatic nitrogens is 2. The molecule has 0 saturated carbocycles. The number of benzene rings is 1. The van der Waals surface area contributed by atoms with E-state index in [2.05, 4.69) is 5.10 Å². The zero-order valence-electron chi connectivity index (χ0n) is 11.1. The van der Waals surface area contributed by atoms with E-state index in [0.717, 1.165) is 10.2 Å². The molecule has 0 fully saturated rings. The molecule has 0 aliphatic heterocycles. The fourth-order valence-corrected chi connectivity index (χ4v) is 1.74. The number of aliphatic carboxylic acids is 1. The molecule has 20 heavy (non-hydrogen) atoms. The number of hydrogen-bond acceptors (Lipinski definition) is 4. The van der Waals surface area contributed by atoms with Crippen LogP contribution in [0.4, 0.5) is 0 Å². The van der Waals surface area contributed by atoms with Gasteiger partial charge in [-0.3, -0.25) is 4.79 Å². The molecule has 0 spiro atoms. The lowest BCUT2D eigenvalue weighted by Gasteiger charge is -2.11. The van der Waals surface area contributed by atoms with E-state index in [1.807, 2.05) is 6.07 Å². The smallest absolute Gasteiger partial charge is 0.328 e. The van der Waals surface area contributed by atoms with Gasteiger partial charge in [0.15, 0.2) is 6.04 Å². The maximum Gasteiger partial charge on any atom is 0.328 e. The summed E-state index contributed by atoms with van der Waals surface area (Å²) >= 11 is 0. The van der Waals surface area contributed by atoms with Crippen LogP contribution in [0.25, 0.3) is 11.3 Å². The van der Waals surface area contributed by atoms with E-state index >= 15 is 0 Å². The molecule has 0 bridgehead atoms. The first-order valence-electron chi connectivity index (χ1n) is 6.00. The lowest BCUT2D eigenvalue weighted by molar-refractivity contribution is -0.140. The van der Waals surface area contributed by atoms with Crippen molar-refractivity contribution in [1.82, 2.24) is 9.78 Å². The fraction of sp³-hybridized carbons (Fsp3) is 0.214. The van der Waals surface area contributed by atoms with Crippen LogP contribution >= 0.6 is 0 Å². The number of carbonyl (C=O) groups is 1. The summed E-state index contributed by atoms with van der Waals surface area (Å²) in [5, 5.41) is 13.1. The predicted octanol–water partition coefficient (Wildman–Crippen LogP) is 1.56. The highest BCUT2D eigenvalue weighted by Gasteiger charge is 2.16. The fourth-order valence-electron chi connectivity index (χ4n) is 1.74. The maximum absolute atomic E-state index is 11.7. The molecular formula is C14H14N2O4. The van der Waals surface area contributed by atoms with Crippen LogP contribution in [0.15, 0.2) is 41.2 Å². The lowest BCUT2D eigenvalue weighted by Crippen LogP contribution is -2.29. The van der Waals surface area contributed by atoms with E-state index in [4.69, 9.17) is 9.84 Å². The van der Waals surface area contributed by atoms with Gasteiger partial charge in [-0.15, -0.1) is 0 Å². The van der Waals surface area contributed by atoms with Crippen LogP contribution in [0, 0.1) is 0 Å². The molecule has 0 amide bonds. The van der Waals surface area contributed by atoms with E-state index in [0.29, 0.717) is 11.4 Å². The van der Waals surface area contributed by atoms with Crippen LogP contribution < -0.4 is 10.3 Å². The largest absolute Gasteiger partial charge is 0.497 e. The third-order valence-corrected chi connectivity index (χ3v) is 2.91. The second-order valence-corrected chi connectivity index (χ2v) is 4.25. The van der Waals surface area contributed by atoms with Crippen molar-refractivity contribution in [3.63, 3.8) is 0 Å². The van der Waals surface area contributed by atoms with Crippen molar-refractivity contribution in [3.05, 3.63) is 46.8 Å². The maximum atomic E-state index is 11.7. The van der Waals surface area contributed by atoms with Crippen molar-refractivity contribution in [2.75, 3.05) is 7.11 Å². The second kappa shape index (κ2) is 5.56. The van der Waals surface area contributed by atoms with Gasteiger partial charge in [0.2, 0.25) is 0 Å². The van der Waals surface area contributed by atoms with E-state index < -0.39 is 17.6 Å². The molecule has 0 aliphatic rings. The molecule has 1 unspecified atom stereocenters. The summed E-state index contributed by atoms with van der Waals surface area (Å²) in [5.74, 6) is -0.448. The average molecular weight is 274 g/mol. The Kier molecular flexibility index (Phi) is 3.84. The Labute approximate surface area is 115 Å². The van der Waals surface area contributed by atoms with Gasteiger partial charge in [0.1, 0.15) is 5.75 Å². The number of ether oxygens (including phenoxy) is 1. The first kappa shape index (κ1) is 13.8. The number of methoxy groups -OCH3 is 1. The normalized spacial score (nSPS) is 11.9. The molecular weight excluding hydrogens is 260 g/mol. The summed E-state index contributed by atoms with van der Waals surface area (Å²) in [4.78, 5) is 22.7. The summed E-state index contributed by atoms with van der Waals surface area (Å²) in [6, 6.07) is 9.01. The van der Waals surface area contributed by atoms with Crippen molar-refractivity contribution in [2.24, 2.45) is 0 Å². The predicted molar refractivity (Wildman–Crippen MR) is 72.8 cm³/mol. The minimum Gasteiger partial charge on any atom is -0.497 e. The summed E-state index contributed by atoms with van der Waals surface area (Å²) in [6.07, 6.45) is 0. The Hall–Kier alpha value is -2.63. The Morgan fingerprint density at radius 3 is 2.75 bits per heavy atom. The van der Waals surface area contributed by atoms with Gasteiger partial charge < -0.3 is 9.84 Å². The van der Waals surface area contributed by atoms with Gasteiger partial charge in [-0.1, -0.05) is 12.1 Å². The number of hydrogen-bond donors (Lipinski definition) is 1. The van der Waals surface area contributed by atoms with E-state index in [9.17, 15) is 9.59 Å². The third kappa shape index (κ3) is 2.69. The van der Waals surface area contributed by atoms with Crippen molar-refractivity contribution in [3.8, 4) is 17.0 Å². The minimum atomic E-state index is -1.11. The quantitative estimate of drug-likeness (QED) is 0.915.